The predicted molar refractivity (Wildman–Crippen MR) is 53.7 cm³/mol. The Morgan fingerprint density at radius 3 is 2.93 bits per heavy atom. The maximum Gasteiger partial charge on any atom is 0.343 e. The average molecular weight is 226 g/mol. The molecule has 0 unspecified atom stereocenters. The van der Waals surface area contributed by atoms with Crippen molar-refractivity contribution in [3.63, 3.8) is 0 Å². The first-order valence-electron chi connectivity index (χ1n) is 4.06. The summed E-state index contributed by atoms with van der Waals surface area (Å²) < 4.78 is 9.48. The summed E-state index contributed by atoms with van der Waals surface area (Å²) in [5, 5.41) is 9.18. The molecule has 1 aromatic carbocycles. The number of benzene rings is 1. The van der Waals surface area contributed by atoms with Crippen LogP contribution in [0.4, 0.5) is 0 Å². The van der Waals surface area contributed by atoms with Crippen molar-refractivity contribution in [1.82, 2.24) is 0 Å². The molecule has 0 N–H and O–H groups in total. The number of esters is 1. The van der Waals surface area contributed by atoms with Gasteiger partial charge >= 0.3 is 5.97 Å². The second kappa shape index (κ2) is 5.23. The van der Waals surface area contributed by atoms with Gasteiger partial charge in [-0.25, -0.2) is 4.79 Å². The molecule has 0 bridgehead atoms. The summed E-state index contributed by atoms with van der Waals surface area (Å²) in [6.07, 6.45) is 0. The Balaban J connectivity index is 2.80. The molecule has 4 nitrogen and oxygen atoms in total. The van der Waals surface area contributed by atoms with E-state index in [0.29, 0.717) is 10.6 Å². The summed E-state index contributed by atoms with van der Waals surface area (Å²) in [4.78, 5) is 10.8. The van der Waals surface area contributed by atoms with Gasteiger partial charge in [-0.15, -0.1) is 0 Å². The first-order chi connectivity index (χ1) is 7.17. The monoisotopic (exact) mass is 225 g/mol. The van der Waals surface area contributed by atoms with Crippen molar-refractivity contribution >= 4 is 17.6 Å². The summed E-state index contributed by atoms with van der Waals surface area (Å²) in [7, 11) is 1.26. The molecule has 0 aliphatic rings. The minimum atomic E-state index is -0.515. The standard InChI is InChI=1S/C10H8ClNO3/c1-14-10(13)6-15-9-4-8(11)3-2-7(9)5-12/h2-4H,6H2,1H3. The van der Waals surface area contributed by atoms with Crippen LogP contribution in [0.3, 0.4) is 0 Å². The van der Waals surface area contributed by atoms with E-state index in [4.69, 9.17) is 21.6 Å². The van der Waals surface area contributed by atoms with Crippen molar-refractivity contribution in [2.24, 2.45) is 0 Å². The van der Waals surface area contributed by atoms with E-state index in [-0.39, 0.29) is 12.4 Å². The number of rotatable bonds is 3. The predicted octanol–water partition coefficient (Wildman–Crippen LogP) is 1.76. The van der Waals surface area contributed by atoms with Gasteiger partial charge < -0.3 is 9.47 Å². The Kier molecular flexibility index (Phi) is 3.95. The molecule has 78 valence electrons. The number of nitrogens with zero attached hydrogens (tertiary/aromatic N) is 1. The van der Waals surface area contributed by atoms with Crippen LogP contribution >= 0.6 is 11.6 Å². The van der Waals surface area contributed by atoms with Gasteiger partial charge in [-0.1, -0.05) is 11.6 Å². The summed E-state index contributed by atoms with van der Waals surface area (Å²) >= 11 is 5.72. The Labute approximate surface area is 92.0 Å². The summed E-state index contributed by atoms with van der Waals surface area (Å²) in [6.45, 7) is -0.245. The van der Waals surface area contributed by atoms with Crippen LogP contribution in [0, 0.1) is 11.3 Å². The summed E-state index contributed by atoms with van der Waals surface area (Å²) in [5.74, 6) is -0.241. The lowest BCUT2D eigenvalue weighted by Crippen LogP contribution is -2.13. The van der Waals surface area contributed by atoms with E-state index in [1.54, 1.807) is 6.07 Å². The molecular formula is C10H8ClNO3. The van der Waals surface area contributed by atoms with Gasteiger partial charge in [-0.2, -0.15) is 5.26 Å². The minimum absolute atomic E-state index is 0.245. The molecular weight excluding hydrogens is 218 g/mol. The lowest BCUT2D eigenvalue weighted by Gasteiger charge is -2.06. The molecule has 0 heterocycles. The SMILES string of the molecule is COC(=O)COc1cc(Cl)ccc1C#N. The van der Waals surface area contributed by atoms with Gasteiger partial charge in [0.05, 0.1) is 12.7 Å². The van der Waals surface area contributed by atoms with Crippen molar-refractivity contribution in [3.8, 4) is 11.8 Å². The Morgan fingerprint density at radius 1 is 1.60 bits per heavy atom. The molecule has 0 fully saturated rings. The molecule has 0 saturated heterocycles. The van der Waals surface area contributed by atoms with E-state index < -0.39 is 5.97 Å². The molecule has 0 amide bonds. The third-order valence-electron chi connectivity index (χ3n) is 1.64. The lowest BCUT2D eigenvalue weighted by molar-refractivity contribution is -0.142. The number of hydrogen-bond donors (Lipinski definition) is 0. The number of ether oxygens (including phenoxy) is 2. The molecule has 0 aliphatic heterocycles. The fourth-order valence-electron chi connectivity index (χ4n) is 0.904. The van der Waals surface area contributed by atoms with Gasteiger partial charge in [0, 0.05) is 11.1 Å². The minimum Gasteiger partial charge on any atom is -0.480 e. The Hall–Kier alpha value is -1.73. The molecule has 0 radical (unpaired) electrons. The topological polar surface area (TPSA) is 59.3 Å². The number of methoxy groups -OCH3 is 1. The molecule has 1 aromatic rings. The highest BCUT2D eigenvalue weighted by atomic mass is 35.5. The summed E-state index contributed by atoms with van der Waals surface area (Å²) in [5.41, 5.74) is 0.323. The second-order valence-electron chi connectivity index (χ2n) is 2.62. The largest absolute Gasteiger partial charge is 0.480 e. The van der Waals surface area contributed by atoms with E-state index in [1.165, 1.54) is 19.2 Å². The third-order valence-corrected chi connectivity index (χ3v) is 1.87. The van der Waals surface area contributed by atoms with Gasteiger partial charge in [0.1, 0.15) is 11.8 Å². The number of carbonyl (C=O) groups is 1. The average Bonchev–Trinajstić information content (AvgIpc) is 2.26. The van der Waals surface area contributed by atoms with Crippen LogP contribution < -0.4 is 4.74 Å². The maximum atomic E-state index is 10.8. The van der Waals surface area contributed by atoms with Gasteiger partial charge in [0.15, 0.2) is 6.61 Å². The molecule has 0 aliphatic carbocycles. The highest BCUT2D eigenvalue weighted by Gasteiger charge is 2.07. The van der Waals surface area contributed by atoms with Crippen molar-refractivity contribution in [1.29, 1.82) is 5.26 Å². The highest BCUT2D eigenvalue weighted by molar-refractivity contribution is 6.30. The molecule has 15 heavy (non-hydrogen) atoms. The van der Waals surface area contributed by atoms with Crippen molar-refractivity contribution in [3.05, 3.63) is 28.8 Å². The zero-order valence-electron chi connectivity index (χ0n) is 7.99. The third kappa shape index (κ3) is 3.15. The van der Waals surface area contributed by atoms with Crippen LogP contribution in [-0.2, 0) is 9.53 Å². The Morgan fingerprint density at radius 2 is 2.33 bits per heavy atom. The van der Waals surface area contributed by atoms with Crippen LogP contribution in [0.5, 0.6) is 5.75 Å². The van der Waals surface area contributed by atoms with Crippen molar-refractivity contribution in [2.75, 3.05) is 13.7 Å². The maximum absolute atomic E-state index is 10.8. The van der Waals surface area contributed by atoms with Gasteiger partial charge in [0.25, 0.3) is 0 Å². The smallest absolute Gasteiger partial charge is 0.343 e. The number of carbonyl (C=O) groups excluding carboxylic acids is 1. The van der Waals surface area contributed by atoms with Gasteiger partial charge in [-0.3, -0.25) is 0 Å². The first kappa shape index (κ1) is 11.3. The van der Waals surface area contributed by atoms with Crippen LogP contribution in [0.1, 0.15) is 5.56 Å². The zero-order chi connectivity index (χ0) is 11.3. The van der Waals surface area contributed by atoms with Crippen LogP contribution in [-0.4, -0.2) is 19.7 Å². The highest BCUT2D eigenvalue weighted by Crippen LogP contribution is 2.22. The van der Waals surface area contributed by atoms with Crippen LogP contribution in [0.2, 0.25) is 5.02 Å². The summed E-state index contributed by atoms with van der Waals surface area (Å²) in [6, 6.07) is 6.50. The lowest BCUT2D eigenvalue weighted by atomic mass is 10.2. The van der Waals surface area contributed by atoms with Gasteiger partial charge in [-0.05, 0) is 12.1 Å². The van der Waals surface area contributed by atoms with Crippen LogP contribution in [0.25, 0.3) is 0 Å². The molecule has 0 aromatic heterocycles. The van der Waals surface area contributed by atoms with Crippen molar-refractivity contribution in [2.45, 2.75) is 0 Å². The van der Waals surface area contributed by atoms with Gasteiger partial charge in [0.2, 0.25) is 0 Å². The molecule has 0 atom stereocenters. The normalized spacial score (nSPS) is 9.13. The molecule has 0 spiro atoms. The number of nitriles is 1. The fraction of sp³-hybridized carbons (Fsp3) is 0.200. The van der Waals surface area contributed by atoms with E-state index in [1.807, 2.05) is 6.07 Å². The van der Waals surface area contributed by atoms with E-state index in [0.717, 1.165) is 0 Å². The first-order valence-corrected chi connectivity index (χ1v) is 4.44. The van der Waals surface area contributed by atoms with E-state index in [9.17, 15) is 4.79 Å². The molecule has 5 heteroatoms. The second-order valence-corrected chi connectivity index (χ2v) is 3.05. The van der Waals surface area contributed by atoms with E-state index in [2.05, 4.69) is 4.74 Å². The van der Waals surface area contributed by atoms with E-state index >= 15 is 0 Å². The van der Waals surface area contributed by atoms with Crippen LogP contribution in [0.15, 0.2) is 18.2 Å². The quantitative estimate of drug-likeness (QED) is 0.736. The zero-order valence-corrected chi connectivity index (χ0v) is 8.75. The van der Waals surface area contributed by atoms with Crippen molar-refractivity contribution < 1.29 is 14.3 Å². The Bertz CT molecular complexity index is 412. The molecule has 0 saturated carbocycles. The molecule has 1 rings (SSSR count). The number of halogens is 1. The number of hydrogen-bond acceptors (Lipinski definition) is 4. The fourth-order valence-corrected chi connectivity index (χ4v) is 1.07.